The summed E-state index contributed by atoms with van der Waals surface area (Å²) < 4.78 is 69.3. The molecular weight excluding hydrogens is 341 g/mol. The first-order chi connectivity index (χ1) is 10.0. The number of ether oxygens (including phenoxy) is 2. The zero-order chi connectivity index (χ0) is 17.1. The average Bonchev–Trinajstić information content (AvgIpc) is 2.37. The summed E-state index contributed by atoms with van der Waals surface area (Å²) in [4.78, 5) is 16.5. The van der Waals surface area contributed by atoms with Gasteiger partial charge in [0.1, 0.15) is 0 Å². The zero-order valence-electron chi connectivity index (χ0n) is 11.1. The fourth-order valence-electron chi connectivity index (χ4n) is 1.39. The summed E-state index contributed by atoms with van der Waals surface area (Å²) in [7, 11) is 2.20. The highest BCUT2D eigenvalue weighted by atomic mass is 35.5. The molecule has 0 radical (unpaired) electrons. The summed E-state index contributed by atoms with van der Waals surface area (Å²) in [5.74, 6) is -3.34. The van der Waals surface area contributed by atoms with Crippen LogP contribution in [0, 0.1) is 0 Å². The predicted octanol–water partition coefficient (Wildman–Crippen LogP) is 3.47. The number of carbonyl (C=O) groups is 1. The highest BCUT2D eigenvalue weighted by molar-refractivity contribution is 6.31. The van der Waals surface area contributed by atoms with E-state index in [1.807, 2.05) is 0 Å². The third-order valence-corrected chi connectivity index (χ3v) is 2.46. The van der Waals surface area contributed by atoms with Gasteiger partial charge in [-0.05, 0) is 6.07 Å². The van der Waals surface area contributed by atoms with Crippen LogP contribution in [0.4, 0.5) is 22.0 Å². The first-order valence-electron chi connectivity index (χ1n) is 5.41. The molecule has 0 fully saturated rings. The minimum Gasteiger partial charge on any atom is -0.430 e. The van der Waals surface area contributed by atoms with Gasteiger partial charge in [0, 0.05) is 18.1 Å². The van der Waals surface area contributed by atoms with E-state index < -0.39 is 35.9 Å². The van der Waals surface area contributed by atoms with Crippen molar-refractivity contribution in [2.75, 3.05) is 14.2 Å². The Labute approximate surface area is 126 Å². The van der Waals surface area contributed by atoms with E-state index in [1.54, 1.807) is 0 Å². The Morgan fingerprint density at radius 1 is 1.32 bits per heavy atom. The molecule has 1 aromatic carbocycles. The van der Waals surface area contributed by atoms with Gasteiger partial charge < -0.3 is 9.47 Å². The lowest BCUT2D eigenvalue weighted by molar-refractivity contribution is -0.275. The van der Waals surface area contributed by atoms with Gasteiger partial charge in [-0.25, -0.2) is 5.06 Å². The standard InChI is InChI=1S/C11H9ClF5NO4/c1-18(20-2)9(19)6-3-5(12)4-7(22-11(15,16)17)8(6)21-10(13)14/h3-4,10H,1-2H3. The number of rotatable bonds is 5. The van der Waals surface area contributed by atoms with Crippen molar-refractivity contribution in [1.29, 1.82) is 0 Å². The summed E-state index contributed by atoms with van der Waals surface area (Å²) in [6.07, 6.45) is -5.20. The third kappa shape index (κ3) is 4.88. The van der Waals surface area contributed by atoms with E-state index in [0.29, 0.717) is 11.1 Å². The monoisotopic (exact) mass is 349 g/mol. The normalized spacial score (nSPS) is 11.5. The molecule has 0 aromatic heterocycles. The van der Waals surface area contributed by atoms with Gasteiger partial charge in [0.25, 0.3) is 5.91 Å². The molecule has 1 rings (SSSR count). The van der Waals surface area contributed by atoms with Crippen molar-refractivity contribution in [2.24, 2.45) is 0 Å². The van der Waals surface area contributed by atoms with Gasteiger partial charge in [-0.3, -0.25) is 9.63 Å². The van der Waals surface area contributed by atoms with Crippen LogP contribution in [0.1, 0.15) is 10.4 Å². The van der Waals surface area contributed by atoms with Crippen LogP contribution in [0.3, 0.4) is 0 Å². The lowest BCUT2D eigenvalue weighted by atomic mass is 10.1. The number of carbonyl (C=O) groups excluding carboxylic acids is 1. The number of benzene rings is 1. The average molecular weight is 350 g/mol. The number of nitrogens with zero attached hydrogens (tertiary/aromatic N) is 1. The molecule has 0 saturated heterocycles. The zero-order valence-corrected chi connectivity index (χ0v) is 11.8. The predicted molar refractivity (Wildman–Crippen MR) is 63.9 cm³/mol. The van der Waals surface area contributed by atoms with Crippen molar-refractivity contribution in [1.82, 2.24) is 5.06 Å². The molecule has 0 aliphatic carbocycles. The number of hydrogen-bond acceptors (Lipinski definition) is 4. The van der Waals surface area contributed by atoms with E-state index in [1.165, 1.54) is 0 Å². The maximum Gasteiger partial charge on any atom is 0.573 e. The van der Waals surface area contributed by atoms with Gasteiger partial charge in [-0.1, -0.05) is 11.6 Å². The molecule has 22 heavy (non-hydrogen) atoms. The molecule has 5 nitrogen and oxygen atoms in total. The molecule has 0 spiro atoms. The number of hydrogen-bond donors (Lipinski definition) is 0. The van der Waals surface area contributed by atoms with Crippen molar-refractivity contribution in [3.05, 3.63) is 22.7 Å². The van der Waals surface area contributed by atoms with Crippen LogP contribution in [0.2, 0.25) is 5.02 Å². The molecule has 0 unspecified atom stereocenters. The van der Waals surface area contributed by atoms with E-state index in [2.05, 4.69) is 14.3 Å². The molecule has 0 bridgehead atoms. The van der Waals surface area contributed by atoms with Crippen molar-refractivity contribution in [3.63, 3.8) is 0 Å². The Kier molecular flexibility index (Phi) is 5.78. The van der Waals surface area contributed by atoms with E-state index >= 15 is 0 Å². The van der Waals surface area contributed by atoms with Crippen LogP contribution >= 0.6 is 11.6 Å². The second-order valence-electron chi connectivity index (χ2n) is 3.69. The van der Waals surface area contributed by atoms with E-state index in [9.17, 15) is 26.7 Å². The first kappa shape index (κ1) is 18.2. The highest BCUT2D eigenvalue weighted by Gasteiger charge is 2.35. The van der Waals surface area contributed by atoms with Gasteiger partial charge in [-0.15, -0.1) is 13.2 Å². The number of hydroxylamine groups is 2. The Morgan fingerprint density at radius 2 is 1.91 bits per heavy atom. The maximum atomic E-state index is 12.4. The lowest BCUT2D eigenvalue weighted by Crippen LogP contribution is -2.27. The van der Waals surface area contributed by atoms with Crippen molar-refractivity contribution in [3.8, 4) is 11.5 Å². The van der Waals surface area contributed by atoms with Crippen LogP contribution in [0.15, 0.2) is 12.1 Å². The molecule has 0 aliphatic rings. The van der Waals surface area contributed by atoms with Gasteiger partial charge in [-0.2, -0.15) is 8.78 Å². The topological polar surface area (TPSA) is 48.0 Å². The summed E-state index contributed by atoms with van der Waals surface area (Å²) in [5.41, 5.74) is -0.684. The minimum atomic E-state index is -5.20. The Bertz CT molecular complexity index is 552. The maximum absolute atomic E-state index is 12.4. The number of halogens is 6. The Morgan fingerprint density at radius 3 is 2.36 bits per heavy atom. The van der Waals surface area contributed by atoms with Crippen LogP contribution in [-0.2, 0) is 4.84 Å². The Balaban J connectivity index is 3.43. The first-order valence-corrected chi connectivity index (χ1v) is 5.79. The fourth-order valence-corrected chi connectivity index (χ4v) is 1.60. The molecule has 0 N–H and O–H groups in total. The van der Waals surface area contributed by atoms with Crippen molar-refractivity contribution >= 4 is 17.5 Å². The molecule has 0 heterocycles. The van der Waals surface area contributed by atoms with Crippen LogP contribution < -0.4 is 9.47 Å². The van der Waals surface area contributed by atoms with Gasteiger partial charge in [0.2, 0.25) is 0 Å². The van der Waals surface area contributed by atoms with E-state index in [-0.39, 0.29) is 5.02 Å². The fraction of sp³-hybridized carbons (Fsp3) is 0.364. The smallest absolute Gasteiger partial charge is 0.430 e. The van der Waals surface area contributed by atoms with Crippen molar-refractivity contribution < 1.29 is 41.1 Å². The van der Waals surface area contributed by atoms with Gasteiger partial charge >= 0.3 is 13.0 Å². The molecule has 0 saturated carbocycles. The quantitative estimate of drug-likeness (QED) is 0.603. The molecule has 0 atom stereocenters. The van der Waals surface area contributed by atoms with Crippen LogP contribution in [0.25, 0.3) is 0 Å². The molecule has 11 heteroatoms. The highest BCUT2D eigenvalue weighted by Crippen LogP contribution is 2.39. The van der Waals surface area contributed by atoms with Crippen molar-refractivity contribution in [2.45, 2.75) is 13.0 Å². The molecular formula is C11H9ClF5NO4. The Hall–Kier alpha value is -1.81. The summed E-state index contributed by atoms with van der Waals surface area (Å²) in [5, 5.41) is 0.232. The number of amides is 1. The largest absolute Gasteiger partial charge is 0.573 e. The second-order valence-corrected chi connectivity index (χ2v) is 4.13. The van der Waals surface area contributed by atoms with Gasteiger partial charge in [0.15, 0.2) is 11.5 Å². The summed E-state index contributed by atoms with van der Waals surface area (Å²) >= 11 is 5.58. The molecule has 1 amide bonds. The SMILES string of the molecule is CON(C)C(=O)c1cc(Cl)cc(OC(F)(F)F)c1OC(F)F. The third-order valence-electron chi connectivity index (χ3n) is 2.24. The van der Waals surface area contributed by atoms with E-state index in [0.717, 1.165) is 20.2 Å². The molecule has 0 aliphatic heterocycles. The van der Waals surface area contributed by atoms with Gasteiger partial charge in [0.05, 0.1) is 12.7 Å². The number of alkyl halides is 5. The molecule has 1 aromatic rings. The minimum absolute atomic E-state index is 0.353. The summed E-state index contributed by atoms with van der Waals surface area (Å²) in [6, 6.07) is 1.44. The summed E-state index contributed by atoms with van der Waals surface area (Å²) in [6.45, 7) is -3.49. The van der Waals surface area contributed by atoms with Crippen LogP contribution in [0.5, 0.6) is 11.5 Å². The van der Waals surface area contributed by atoms with E-state index in [4.69, 9.17) is 11.6 Å². The van der Waals surface area contributed by atoms with Crippen LogP contribution in [-0.4, -0.2) is 38.1 Å². The molecule has 124 valence electrons. The lowest BCUT2D eigenvalue weighted by Gasteiger charge is -2.19. The second kappa shape index (κ2) is 6.97.